The largest absolute Gasteiger partial charge is 0.444 e. The van der Waals surface area contributed by atoms with Crippen molar-refractivity contribution in [1.29, 1.82) is 0 Å². The van der Waals surface area contributed by atoms with Crippen LogP contribution in [-0.4, -0.2) is 48.4 Å². The van der Waals surface area contributed by atoms with Gasteiger partial charge in [0.2, 0.25) is 0 Å². The van der Waals surface area contributed by atoms with Gasteiger partial charge in [-0.15, -0.1) is 0 Å². The summed E-state index contributed by atoms with van der Waals surface area (Å²) in [5.74, 6) is 0.380. The highest BCUT2D eigenvalue weighted by atomic mass is 79.9. The number of piperidine rings is 1. The maximum absolute atomic E-state index is 12.3. The Morgan fingerprint density at radius 1 is 1.47 bits per heavy atom. The molecule has 1 amide bonds. The Kier molecular flexibility index (Phi) is 5.05. The van der Waals surface area contributed by atoms with Gasteiger partial charge in [0.15, 0.2) is 10.4 Å². The standard InChI is InChI=1S/C14H21BrN2O2/c1-3-8-17-9-6-11(7-10-17)16(2)14(18)12-4-5-13(15)19-12/h4-5,11H,3,6-10H2,1-2H3. The van der Waals surface area contributed by atoms with E-state index < -0.39 is 0 Å². The Hall–Kier alpha value is -0.810. The van der Waals surface area contributed by atoms with Gasteiger partial charge >= 0.3 is 0 Å². The van der Waals surface area contributed by atoms with Gasteiger partial charge in [-0.25, -0.2) is 0 Å². The highest BCUT2D eigenvalue weighted by molar-refractivity contribution is 9.10. The Morgan fingerprint density at radius 2 is 2.16 bits per heavy atom. The number of carbonyl (C=O) groups is 1. The minimum atomic E-state index is -0.0281. The van der Waals surface area contributed by atoms with Crippen LogP contribution >= 0.6 is 15.9 Å². The SMILES string of the molecule is CCCN1CCC(N(C)C(=O)c2ccc(Br)o2)CC1. The van der Waals surface area contributed by atoms with E-state index in [1.807, 2.05) is 11.9 Å². The predicted molar refractivity (Wildman–Crippen MR) is 78.3 cm³/mol. The zero-order valence-electron chi connectivity index (χ0n) is 11.6. The first-order valence-electron chi connectivity index (χ1n) is 6.86. The van der Waals surface area contributed by atoms with Gasteiger partial charge in [-0.05, 0) is 53.9 Å². The summed E-state index contributed by atoms with van der Waals surface area (Å²) in [6.45, 7) is 5.53. The summed E-state index contributed by atoms with van der Waals surface area (Å²) in [6.07, 6.45) is 3.29. The third kappa shape index (κ3) is 3.60. The predicted octanol–water partition coefficient (Wildman–Crippen LogP) is 2.99. The number of amides is 1. The van der Waals surface area contributed by atoms with E-state index in [9.17, 15) is 4.79 Å². The van der Waals surface area contributed by atoms with Crippen LogP contribution in [0.4, 0.5) is 0 Å². The second-order valence-electron chi connectivity index (χ2n) is 5.09. The van der Waals surface area contributed by atoms with Crippen LogP contribution in [0.15, 0.2) is 21.2 Å². The van der Waals surface area contributed by atoms with E-state index in [-0.39, 0.29) is 5.91 Å². The minimum absolute atomic E-state index is 0.0281. The average Bonchev–Trinajstić information content (AvgIpc) is 2.85. The molecule has 1 saturated heterocycles. The Labute approximate surface area is 122 Å². The van der Waals surface area contributed by atoms with Crippen molar-refractivity contribution in [3.05, 3.63) is 22.6 Å². The van der Waals surface area contributed by atoms with Crippen LogP contribution in [0.1, 0.15) is 36.7 Å². The molecule has 106 valence electrons. The minimum Gasteiger partial charge on any atom is -0.444 e. The molecule has 0 N–H and O–H groups in total. The van der Waals surface area contributed by atoms with Gasteiger partial charge in [0.05, 0.1) is 0 Å². The molecule has 4 nitrogen and oxygen atoms in total. The lowest BCUT2D eigenvalue weighted by Crippen LogP contribution is -2.45. The molecule has 1 aliphatic heterocycles. The molecule has 1 aliphatic rings. The fraction of sp³-hybridized carbons (Fsp3) is 0.643. The van der Waals surface area contributed by atoms with Gasteiger partial charge in [0, 0.05) is 26.2 Å². The molecule has 0 radical (unpaired) electrons. The van der Waals surface area contributed by atoms with Crippen LogP contribution in [0.5, 0.6) is 0 Å². The van der Waals surface area contributed by atoms with Gasteiger partial charge in [-0.1, -0.05) is 6.92 Å². The smallest absolute Gasteiger partial charge is 0.289 e. The number of nitrogens with zero attached hydrogens (tertiary/aromatic N) is 2. The van der Waals surface area contributed by atoms with Gasteiger partial charge in [-0.3, -0.25) is 4.79 Å². The number of hydrogen-bond donors (Lipinski definition) is 0. The fourth-order valence-corrected chi connectivity index (χ4v) is 2.92. The van der Waals surface area contributed by atoms with Gasteiger partial charge in [0.25, 0.3) is 5.91 Å². The zero-order valence-corrected chi connectivity index (χ0v) is 13.1. The quantitative estimate of drug-likeness (QED) is 0.852. The third-order valence-corrected chi connectivity index (χ3v) is 4.18. The molecule has 0 saturated carbocycles. The summed E-state index contributed by atoms with van der Waals surface area (Å²) in [7, 11) is 1.87. The molecule has 0 unspecified atom stereocenters. The molecule has 5 heteroatoms. The fourth-order valence-electron chi connectivity index (χ4n) is 2.62. The van der Waals surface area contributed by atoms with E-state index in [0.29, 0.717) is 16.5 Å². The summed E-state index contributed by atoms with van der Waals surface area (Å²) in [5, 5.41) is 0. The van der Waals surface area contributed by atoms with Crippen molar-refractivity contribution in [3.63, 3.8) is 0 Å². The molecule has 1 aromatic heterocycles. The molecular formula is C14H21BrN2O2. The maximum atomic E-state index is 12.3. The molecule has 0 spiro atoms. The molecule has 0 aromatic carbocycles. The molecule has 0 atom stereocenters. The molecule has 0 aliphatic carbocycles. The monoisotopic (exact) mass is 328 g/mol. The summed E-state index contributed by atoms with van der Waals surface area (Å²) < 4.78 is 5.93. The molecular weight excluding hydrogens is 308 g/mol. The molecule has 1 fully saturated rings. The van der Waals surface area contributed by atoms with Crippen molar-refractivity contribution in [1.82, 2.24) is 9.80 Å². The number of halogens is 1. The average molecular weight is 329 g/mol. The first kappa shape index (κ1) is 14.6. The topological polar surface area (TPSA) is 36.7 Å². The van der Waals surface area contributed by atoms with E-state index in [4.69, 9.17) is 4.42 Å². The Bertz CT molecular complexity index is 425. The number of furan rings is 1. The Balaban J connectivity index is 1.90. The van der Waals surface area contributed by atoms with E-state index in [2.05, 4.69) is 27.8 Å². The third-order valence-electron chi connectivity index (χ3n) is 3.75. The second-order valence-corrected chi connectivity index (χ2v) is 5.87. The van der Waals surface area contributed by atoms with E-state index >= 15 is 0 Å². The molecule has 0 bridgehead atoms. The zero-order chi connectivity index (χ0) is 13.8. The first-order valence-corrected chi connectivity index (χ1v) is 7.66. The van der Waals surface area contributed by atoms with E-state index in [0.717, 1.165) is 32.5 Å². The lowest BCUT2D eigenvalue weighted by Gasteiger charge is -2.36. The number of hydrogen-bond acceptors (Lipinski definition) is 3. The van der Waals surface area contributed by atoms with E-state index in [1.165, 1.54) is 6.42 Å². The maximum Gasteiger partial charge on any atom is 0.289 e. The van der Waals surface area contributed by atoms with Crippen LogP contribution in [0.25, 0.3) is 0 Å². The molecule has 2 heterocycles. The van der Waals surface area contributed by atoms with Crippen molar-refractivity contribution in [2.45, 2.75) is 32.2 Å². The van der Waals surface area contributed by atoms with Gasteiger partial charge in [0.1, 0.15) is 0 Å². The Morgan fingerprint density at radius 3 is 2.68 bits per heavy atom. The summed E-state index contributed by atoms with van der Waals surface area (Å²) in [5.41, 5.74) is 0. The van der Waals surface area contributed by atoms with Crippen molar-refractivity contribution >= 4 is 21.8 Å². The number of rotatable bonds is 4. The van der Waals surface area contributed by atoms with Crippen molar-refractivity contribution in [2.24, 2.45) is 0 Å². The van der Waals surface area contributed by atoms with E-state index in [1.54, 1.807) is 12.1 Å². The highest BCUT2D eigenvalue weighted by Crippen LogP contribution is 2.20. The molecule has 19 heavy (non-hydrogen) atoms. The van der Waals surface area contributed by atoms with Gasteiger partial charge < -0.3 is 14.2 Å². The van der Waals surface area contributed by atoms with Crippen LogP contribution in [0.2, 0.25) is 0 Å². The van der Waals surface area contributed by atoms with Crippen molar-refractivity contribution in [2.75, 3.05) is 26.7 Å². The molecule has 1 aromatic rings. The van der Waals surface area contributed by atoms with Gasteiger partial charge in [-0.2, -0.15) is 0 Å². The highest BCUT2D eigenvalue weighted by Gasteiger charge is 2.26. The van der Waals surface area contributed by atoms with Crippen LogP contribution < -0.4 is 0 Å². The van der Waals surface area contributed by atoms with Crippen LogP contribution in [0.3, 0.4) is 0 Å². The summed E-state index contributed by atoms with van der Waals surface area (Å²) in [6, 6.07) is 3.80. The number of likely N-dealkylation sites (tertiary alicyclic amines) is 1. The number of carbonyl (C=O) groups excluding carboxylic acids is 1. The van der Waals surface area contributed by atoms with Crippen LogP contribution in [0, 0.1) is 0 Å². The normalized spacial score (nSPS) is 17.6. The lowest BCUT2D eigenvalue weighted by atomic mass is 10.0. The van der Waals surface area contributed by atoms with Crippen molar-refractivity contribution in [3.8, 4) is 0 Å². The molecule has 2 rings (SSSR count). The second kappa shape index (κ2) is 6.57. The summed E-state index contributed by atoms with van der Waals surface area (Å²) in [4.78, 5) is 16.6. The van der Waals surface area contributed by atoms with Crippen molar-refractivity contribution < 1.29 is 9.21 Å². The van der Waals surface area contributed by atoms with Crippen LogP contribution in [-0.2, 0) is 0 Å². The lowest BCUT2D eigenvalue weighted by molar-refractivity contribution is 0.0611. The summed E-state index contributed by atoms with van der Waals surface area (Å²) >= 11 is 3.23. The first-order chi connectivity index (χ1) is 9.11.